The first-order valence-electron chi connectivity index (χ1n) is 5.45. The monoisotopic (exact) mass is 298 g/mol. The molecule has 4 nitrogen and oxygen atoms in total. The number of benzene rings is 1. The summed E-state index contributed by atoms with van der Waals surface area (Å²) >= 11 is 3.31. The van der Waals surface area contributed by atoms with Gasteiger partial charge in [-0.15, -0.1) is 0 Å². The third kappa shape index (κ3) is 2.79. The second-order valence-corrected chi connectivity index (χ2v) is 5.66. The number of β-amino-alcohol motifs (C(OH)–C–C–N with tert-alkyl or cyclic N) is 1. The molecule has 2 rings (SSSR count). The van der Waals surface area contributed by atoms with Gasteiger partial charge in [0.05, 0.1) is 5.60 Å². The Morgan fingerprint density at radius 1 is 1.53 bits per heavy atom. The standard InChI is InChI=1S/C12H15BrN2O2/c1-12(17)2-3-15(7-12)11(16)8-4-9(13)6-10(14)5-8/h4-6,17H,2-3,7,14H2,1H3. The van der Waals surface area contributed by atoms with Crippen LogP contribution >= 0.6 is 15.9 Å². The normalized spacial score (nSPS) is 24.1. The van der Waals surface area contributed by atoms with Crippen LogP contribution in [0.2, 0.25) is 0 Å². The fraction of sp³-hybridized carbons (Fsp3) is 0.417. The van der Waals surface area contributed by atoms with Crippen LogP contribution in [-0.4, -0.2) is 34.6 Å². The van der Waals surface area contributed by atoms with Gasteiger partial charge in [0.15, 0.2) is 0 Å². The van der Waals surface area contributed by atoms with Crippen LogP contribution in [0.3, 0.4) is 0 Å². The average Bonchev–Trinajstić information content (AvgIpc) is 2.56. The molecule has 0 spiro atoms. The Morgan fingerprint density at radius 2 is 2.24 bits per heavy atom. The molecule has 1 unspecified atom stereocenters. The zero-order chi connectivity index (χ0) is 12.6. The minimum absolute atomic E-state index is 0.0872. The van der Waals surface area contributed by atoms with Crippen molar-refractivity contribution >= 4 is 27.5 Å². The summed E-state index contributed by atoms with van der Waals surface area (Å²) in [7, 11) is 0. The summed E-state index contributed by atoms with van der Waals surface area (Å²) in [4.78, 5) is 13.8. The summed E-state index contributed by atoms with van der Waals surface area (Å²) in [5.41, 5.74) is 6.03. The van der Waals surface area contributed by atoms with E-state index in [0.29, 0.717) is 30.8 Å². The maximum absolute atomic E-state index is 12.2. The van der Waals surface area contributed by atoms with E-state index in [1.54, 1.807) is 30.0 Å². The number of carbonyl (C=O) groups is 1. The number of nitrogens with two attached hydrogens (primary N) is 1. The molecule has 3 N–H and O–H groups in total. The molecule has 1 fully saturated rings. The summed E-state index contributed by atoms with van der Waals surface area (Å²) in [6.45, 7) is 2.70. The first kappa shape index (κ1) is 12.4. The van der Waals surface area contributed by atoms with Gasteiger partial charge < -0.3 is 15.7 Å². The number of halogens is 1. The van der Waals surface area contributed by atoms with Crippen LogP contribution < -0.4 is 5.73 Å². The number of hydrogen-bond acceptors (Lipinski definition) is 3. The molecule has 0 bridgehead atoms. The van der Waals surface area contributed by atoms with E-state index >= 15 is 0 Å². The molecule has 0 saturated carbocycles. The minimum atomic E-state index is -0.771. The maximum atomic E-state index is 12.2. The smallest absolute Gasteiger partial charge is 0.254 e. The Labute approximate surface area is 109 Å². The highest BCUT2D eigenvalue weighted by molar-refractivity contribution is 9.10. The molecule has 1 saturated heterocycles. The van der Waals surface area contributed by atoms with Crippen molar-refractivity contribution in [1.82, 2.24) is 4.90 Å². The van der Waals surface area contributed by atoms with Crippen molar-refractivity contribution in [1.29, 1.82) is 0 Å². The molecule has 1 amide bonds. The van der Waals surface area contributed by atoms with Crippen molar-refractivity contribution in [3.63, 3.8) is 0 Å². The van der Waals surface area contributed by atoms with Gasteiger partial charge in [0.2, 0.25) is 0 Å². The van der Waals surface area contributed by atoms with Crippen LogP contribution in [0.15, 0.2) is 22.7 Å². The number of carbonyl (C=O) groups excluding carboxylic acids is 1. The summed E-state index contributed by atoms with van der Waals surface area (Å²) in [6.07, 6.45) is 0.613. The molecule has 92 valence electrons. The van der Waals surface area contributed by atoms with Crippen LogP contribution in [0.4, 0.5) is 5.69 Å². The molecular weight excluding hydrogens is 284 g/mol. The maximum Gasteiger partial charge on any atom is 0.254 e. The number of amides is 1. The Kier molecular flexibility index (Phi) is 3.14. The highest BCUT2D eigenvalue weighted by atomic mass is 79.9. The molecule has 5 heteroatoms. The highest BCUT2D eigenvalue weighted by Crippen LogP contribution is 2.24. The molecule has 1 atom stereocenters. The highest BCUT2D eigenvalue weighted by Gasteiger charge is 2.34. The summed E-state index contributed by atoms with van der Waals surface area (Å²) in [5, 5.41) is 9.84. The fourth-order valence-electron chi connectivity index (χ4n) is 2.04. The molecule has 1 heterocycles. The van der Waals surface area contributed by atoms with E-state index in [0.717, 1.165) is 4.47 Å². The van der Waals surface area contributed by atoms with Gasteiger partial charge >= 0.3 is 0 Å². The van der Waals surface area contributed by atoms with Crippen LogP contribution in [-0.2, 0) is 0 Å². The predicted molar refractivity (Wildman–Crippen MR) is 69.7 cm³/mol. The summed E-state index contributed by atoms with van der Waals surface area (Å²) in [5.74, 6) is -0.0872. The first-order valence-corrected chi connectivity index (χ1v) is 6.24. The van der Waals surface area contributed by atoms with Gasteiger partial charge in [0.25, 0.3) is 5.91 Å². The largest absolute Gasteiger partial charge is 0.399 e. The minimum Gasteiger partial charge on any atom is -0.399 e. The van der Waals surface area contributed by atoms with Crippen LogP contribution in [0.5, 0.6) is 0 Å². The molecule has 1 aliphatic rings. The van der Waals surface area contributed by atoms with Crippen molar-refractivity contribution in [2.24, 2.45) is 0 Å². The molecule has 0 aliphatic carbocycles. The number of anilines is 1. The van der Waals surface area contributed by atoms with E-state index < -0.39 is 5.60 Å². The van der Waals surface area contributed by atoms with Crippen molar-refractivity contribution in [3.05, 3.63) is 28.2 Å². The van der Waals surface area contributed by atoms with E-state index in [9.17, 15) is 9.90 Å². The fourth-order valence-corrected chi connectivity index (χ4v) is 2.55. The second-order valence-electron chi connectivity index (χ2n) is 4.75. The lowest BCUT2D eigenvalue weighted by atomic mass is 10.1. The van der Waals surface area contributed by atoms with Gasteiger partial charge in [-0.2, -0.15) is 0 Å². The molecular formula is C12H15BrN2O2. The van der Waals surface area contributed by atoms with Crippen molar-refractivity contribution in [3.8, 4) is 0 Å². The van der Waals surface area contributed by atoms with Crippen molar-refractivity contribution in [2.75, 3.05) is 18.8 Å². The van der Waals surface area contributed by atoms with Crippen LogP contribution in [0.25, 0.3) is 0 Å². The SMILES string of the molecule is CC1(O)CCN(C(=O)c2cc(N)cc(Br)c2)C1. The van der Waals surface area contributed by atoms with E-state index in [1.807, 2.05) is 0 Å². The topological polar surface area (TPSA) is 66.6 Å². The molecule has 1 aromatic rings. The number of rotatable bonds is 1. The Bertz CT molecular complexity index is 440. The lowest BCUT2D eigenvalue weighted by molar-refractivity contribution is 0.0572. The van der Waals surface area contributed by atoms with Crippen LogP contribution in [0.1, 0.15) is 23.7 Å². The van der Waals surface area contributed by atoms with Gasteiger partial charge in [-0.25, -0.2) is 0 Å². The third-order valence-electron chi connectivity index (χ3n) is 2.91. The lowest BCUT2D eigenvalue weighted by Gasteiger charge is -2.19. The lowest BCUT2D eigenvalue weighted by Crippen LogP contribution is -2.33. The zero-order valence-electron chi connectivity index (χ0n) is 9.61. The molecule has 17 heavy (non-hydrogen) atoms. The van der Waals surface area contributed by atoms with Gasteiger partial charge in [0, 0.05) is 28.8 Å². The van der Waals surface area contributed by atoms with Crippen LogP contribution in [0, 0.1) is 0 Å². The number of nitrogens with zero attached hydrogens (tertiary/aromatic N) is 1. The number of nitrogen functional groups attached to an aromatic ring is 1. The predicted octanol–water partition coefficient (Wildman–Crippen LogP) is 1.63. The van der Waals surface area contributed by atoms with E-state index in [4.69, 9.17) is 5.73 Å². The second kappa shape index (κ2) is 4.31. The van der Waals surface area contributed by atoms with Crippen molar-refractivity contribution < 1.29 is 9.90 Å². The van der Waals surface area contributed by atoms with Crippen molar-refractivity contribution in [2.45, 2.75) is 18.9 Å². The van der Waals surface area contributed by atoms with Gasteiger partial charge in [-0.3, -0.25) is 4.79 Å². The molecule has 0 aromatic heterocycles. The Hall–Kier alpha value is -1.07. The molecule has 1 aliphatic heterocycles. The van der Waals surface area contributed by atoms with Gasteiger partial charge in [-0.05, 0) is 31.5 Å². The molecule has 1 aromatic carbocycles. The van der Waals surface area contributed by atoms with E-state index in [1.165, 1.54) is 0 Å². The zero-order valence-corrected chi connectivity index (χ0v) is 11.2. The molecule has 0 radical (unpaired) electrons. The van der Waals surface area contributed by atoms with E-state index in [-0.39, 0.29) is 5.91 Å². The Balaban J connectivity index is 2.20. The quantitative estimate of drug-likeness (QED) is 0.775. The first-order chi connectivity index (χ1) is 7.87. The number of hydrogen-bond donors (Lipinski definition) is 2. The number of likely N-dealkylation sites (tertiary alicyclic amines) is 1. The number of aliphatic hydroxyl groups is 1. The average molecular weight is 299 g/mol. The van der Waals surface area contributed by atoms with Gasteiger partial charge in [0.1, 0.15) is 0 Å². The van der Waals surface area contributed by atoms with E-state index in [2.05, 4.69) is 15.9 Å². The van der Waals surface area contributed by atoms with Gasteiger partial charge in [-0.1, -0.05) is 15.9 Å². The Morgan fingerprint density at radius 3 is 2.76 bits per heavy atom. The summed E-state index contributed by atoms with van der Waals surface area (Å²) < 4.78 is 0.784. The summed E-state index contributed by atoms with van der Waals surface area (Å²) in [6, 6.07) is 5.14. The third-order valence-corrected chi connectivity index (χ3v) is 3.36.